The van der Waals surface area contributed by atoms with Crippen molar-refractivity contribution < 1.29 is 4.79 Å². The van der Waals surface area contributed by atoms with Crippen LogP contribution in [0.4, 0.5) is 5.69 Å². The Morgan fingerprint density at radius 1 is 0.970 bits per heavy atom. The predicted molar refractivity (Wildman–Crippen MR) is 141 cm³/mol. The summed E-state index contributed by atoms with van der Waals surface area (Å²) < 4.78 is 1.12. The van der Waals surface area contributed by atoms with Gasteiger partial charge in [-0.15, -0.1) is 23.7 Å². The highest BCUT2D eigenvalue weighted by Gasteiger charge is 2.15. The maximum Gasteiger partial charge on any atom is 0.255 e. The largest absolute Gasteiger partial charge is 0.322 e. The third-order valence-corrected chi connectivity index (χ3v) is 7.00. The molecule has 6 heteroatoms. The van der Waals surface area contributed by atoms with Gasteiger partial charge in [-0.25, -0.2) is 4.98 Å². The van der Waals surface area contributed by atoms with E-state index in [0.717, 1.165) is 28.9 Å². The van der Waals surface area contributed by atoms with Crippen molar-refractivity contribution in [3.05, 3.63) is 83.4 Å². The van der Waals surface area contributed by atoms with Gasteiger partial charge in [-0.05, 0) is 79.4 Å². The van der Waals surface area contributed by atoms with Crippen LogP contribution in [0.5, 0.6) is 0 Å². The molecule has 3 aromatic carbocycles. The number of carbonyl (C=O) groups excluding carboxylic acids is 1. The number of benzene rings is 3. The number of halogens is 1. The van der Waals surface area contributed by atoms with Crippen LogP contribution in [0, 0.1) is 0 Å². The maximum absolute atomic E-state index is 13.1. The van der Waals surface area contributed by atoms with E-state index in [1.807, 2.05) is 35.8 Å². The molecule has 1 N–H and O–H groups in total. The number of nitrogens with zero attached hydrogens (tertiary/aromatic N) is 2. The van der Waals surface area contributed by atoms with Crippen LogP contribution in [0.15, 0.2) is 72.2 Å². The first-order valence-electron chi connectivity index (χ1n) is 11.3. The molecule has 2 heterocycles. The quantitative estimate of drug-likeness (QED) is 0.337. The average molecular weight is 478 g/mol. The highest BCUT2D eigenvalue weighted by molar-refractivity contribution is 7.16. The number of aromatic nitrogens is 1. The highest BCUT2D eigenvalue weighted by atomic mass is 35.5. The highest BCUT2D eigenvalue weighted by Crippen LogP contribution is 2.27. The second-order valence-corrected chi connectivity index (χ2v) is 9.27. The normalized spacial score (nSPS) is 14.1. The number of hydrogen-bond donors (Lipinski definition) is 1. The van der Waals surface area contributed by atoms with Gasteiger partial charge in [-0.1, -0.05) is 42.8 Å². The first-order chi connectivity index (χ1) is 15.8. The molecule has 1 aromatic heterocycles. The van der Waals surface area contributed by atoms with E-state index in [-0.39, 0.29) is 18.3 Å². The lowest BCUT2D eigenvalue weighted by atomic mass is 9.95. The lowest BCUT2D eigenvalue weighted by Gasteiger charge is -2.26. The number of carbonyl (C=O) groups is 1. The third-order valence-electron chi connectivity index (χ3n) is 6.19. The lowest BCUT2D eigenvalue weighted by molar-refractivity contribution is 0.102. The number of anilines is 1. The molecule has 0 atom stereocenters. The standard InChI is InChI=1S/C27H27N3OS.ClH/c31-27(29-23-10-12-26-25(18-23)28-19-32-26)22-9-11-24(20-7-3-1-4-8-20)21(17-22)13-16-30-14-5-2-6-15-30;/h1,3-4,7-12,17-19H,2,5-6,13-16H2,(H,29,31);1H. The van der Waals surface area contributed by atoms with Crippen molar-refractivity contribution in [1.82, 2.24) is 9.88 Å². The van der Waals surface area contributed by atoms with Crippen LogP contribution in [0.3, 0.4) is 0 Å². The molecule has 170 valence electrons. The minimum Gasteiger partial charge on any atom is -0.322 e. The molecule has 0 aliphatic carbocycles. The van der Waals surface area contributed by atoms with Crippen molar-refractivity contribution in [2.24, 2.45) is 0 Å². The van der Waals surface area contributed by atoms with Crippen LogP contribution in [0.2, 0.25) is 0 Å². The molecule has 5 rings (SSSR count). The Labute approximate surface area is 205 Å². The van der Waals surface area contributed by atoms with E-state index in [9.17, 15) is 4.79 Å². The number of rotatable bonds is 6. The summed E-state index contributed by atoms with van der Waals surface area (Å²) >= 11 is 1.60. The van der Waals surface area contributed by atoms with Gasteiger partial charge in [0, 0.05) is 17.8 Å². The lowest BCUT2D eigenvalue weighted by Crippen LogP contribution is -2.31. The number of amides is 1. The Morgan fingerprint density at radius 2 is 1.79 bits per heavy atom. The van der Waals surface area contributed by atoms with Crippen molar-refractivity contribution in [1.29, 1.82) is 0 Å². The Hall–Kier alpha value is -2.73. The van der Waals surface area contributed by atoms with Crippen LogP contribution in [0.25, 0.3) is 21.3 Å². The predicted octanol–water partition coefficient (Wildman–Crippen LogP) is 6.67. The molecule has 0 spiro atoms. The van der Waals surface area contributed by atoms with Gasteiger partial charge in [0.25, 0.3) is 5.91 Å². The molecular formula is C27H28ClN3OS. The van der Waals surface area contributed by atoms with E-state index in [1.165, 1.54) is 49.0 Å². The van der Waals surface area contributed by atoms with Crippen LogP contribution in [-0.2, 0) is 6.42 Å². The molecule has 0 saturated carbocycles. The maximum atomic E-state index is 13.1. The Balaban J connectivity index is 0.00000259. The number of hydrogen-bond acceptors (Lipinski definition) is 4. The summed E-state index contributed by atoms with van der Waals surface area (Å²) in [4.78, 5) is 20.0. The van der Waals surface area contributed by atoms with Gasteiger partial charge in [0.15, 0.2) is 0 Å². The van der Waals surface area contributed by atoms with Gasteiger partial charge in [0.1, 0.15) is 0 Å². The Morgan fingerprint density at radius 3 is 2.61 bits per heavy atom. The van der Waals surface area contributed by atoms with E-state index in [4.69, 9.17) is 0 Å². The van der Waals surface area contributed by atoms with Crippen LogP contribution >= 0.6 is 23.7 Å². The summed E-state index contributed by atoms with van der Waals surface area (Å²) in [5.41, 5.74) is 7.84. The number of thiazole rings is 1. The fourth-order valence-electron chi connectivity index (χ4n) is 4.44. The second-order valence-electron chi connectivity index (χ2n) is 8.38. The number of nitrogens with one attached hydrogen (secondary N) is 1. The smallest absolute Gasteiger partial charge is 0.255 e. The van der Waals surface area contributed by atoms with E-state index < -0.39 is 0 Å². The summed E-state index contributed by atoms with van der Waals surface area (Å²) in [6.45, 7) is 3.39. The molecule has 0 radical (unpaired) electrons. The van der Waals surface area contributed by atoms with E-state index >= 15 is 0 Å². The molecule has 1 aliphatic heterocycles. The second kappa shape index (κ2) is 10.9. The van der Waals surface area contributed by atoms with E-state index in [0.29, 0.717) is 5.56 Å². The third kappa shape index (κ3) is 5.61. The number of likely N-dealkylation sites (tertiary alicyclic amines) is 1. The van der Waals surface area contributed by atoms with Crippen molar-refractivity contribution in [2.45, 2.75) is 25.7 Å². The minimum atomic E-state index is -0.0848. The average Bonchev–Trinajstić information content (AvgIpc) is 3.32. The number of piperidine rings is 1. The van der Waals surface area contributed by atoms with Crippen LogP contribution in [-0.4, -0.2) is 35.4 Å². The summed E-state index contributed by atoms with van der Waals surface area (Å²) in [6.07, 6.45) is 4.86. The zero-order valence-corrected chi connectivity index (χ0v) is 20.1. The van der Waals surface area contributed by atoms with Gasteiger partial charge in [0.2, 0.25) is 0 Å². The summed E-state index contributed by atoms with van der Waals surface area (Å²) in [7, 11) is 0. The van der Waals surface area contributed by atoms with Gasteiger partial charge < -0.3 is 10.2 Å². The first kappa shape index (κ1) is 23.4. The molecule has 1 amide bonds. The summed E-state index contributed by atoms with van der Waals surface area (Å²) in [5.74, 6) is -0.0848. The Bertz CT molecular complexity index is 1220. The van der Waals surface area contributed by atoms with Crippen molar-refractivity contribution in [3.8, 4) is 11.1 Å². The zero-order valence-electron chi connectivity index (χ0n) is 18.5. The van der Waals surface area contributed by atoms with Gasteiger partial charge in [-0.3, -0.25) is 4.79 Å². The molecular weight excluding hydrogens is 450 g/mol. The molecule has 4 aromatic rings. The number of fused-ring (bicyclic) bond motifs is 1. The molecule has 1 aliphatic rings. The first-order valence-corrected chi connectivity index (χ1v) is 12.2. The molecule has 4 nitrogen and oxygen atoms in total. The van der Waals surface area contributed by atoms with Crippen LogP contribution in [0.1, 0.15) is 35.2 Å². The summed E-state index contributed by atoms with van der Waals surface area (Å²) in [6, 6.07) is 22.4. The zero-order chi connectivity index (χ0) is 21.8. The molecule has 1 saturated heterocycles. The topological polar surface area (TPSA) is 45.2 Å². The molecule has 33 heavy (non-hydrogen) atoms. The van der Waals surface area contributed by atoms with Crippen molar-refractivity contribution >= 4 is 45.6 Å². The van der Waals surface area contributed by atoms with E-state index in [2.05, 4.69) is 51.6 Å². The fourth-order valence-corrected chi connectivity index (χ4v) is 5.10. The van der Waals surface area contributed by atoms with Gasteiger partial charge >= 0.3 is 0 Å². The monoisotopic (exact) mass is 477 g/mol. The molecule has 0 bridgehead atoms. The van der Waals surface area contributed by atoms with Crippen molar-refractivity contribution in [3.63, 3.8) is 0 Å². The molecule has 1 fully saturated rings. The van der Waals surface area contributed by atoms with Gasteiger partial charge in [-0.2, -0.15) is 0 Å². The van der Waals surface area contributed by atoms with Crippen molar-refractivity contribution in [2.75, 3.05) is 25.0 Å². The minimum absolute atomic E-state index is 0. The van der Waals surface area contributed by atoms with Gasteiger partial charge in [0.05, 0.1) is 15.7 Å². The Kier molecular flexibility index (Phi) is 7.76. The SMILES string of the molecule is Cl.O=C(Nc1ccc2scnc2c1)c1ccc(-c2ccccc2)c(CCN2CCCCC2)c1. The van der Waals surface area contributed by atoms with E-state index in [1.54, 1.807) is 11.3 Å². The fraction of sp³-hybridized carbons (Fsp3) is 0.259. The molecule has 0 unspecified atom stereocenters. The summed E-state index contributed by atoms with van der Waals surface area (Å²) in [5, 5.41) is 3.05. The van der Waals surface area contributed by atoms with Crippen LogP contribution < -0.4 is 5.32 Å².